The third kappa shape index (κ3) is 3.64. The van der Waals surface area contributed by atoms with E-state index in [9.17, 15) is 8.78 Å². The Morgan fingerprint density at radius 3 is 2.72 bits per heavy atom. The van der Waals surface area contributed by atoms with Crippen LogP contribution in [0.2, 0.25) is 0 Å². The second kappa shape index (κ2) is 7.27. The number of aryl methyl sites for hydroxylation is 1. The highest BCUT2D eigenvalue weighted by atomic mass is 19.1. The van der Waals surface area contributed by atoms with Crippen LogP contribution in [0.25, 0.3) is 0 Å². The molecule has 0 heterocycles. The Hall–Kier alpha value is -1.22. The SMILES string of the molecule is C=CCCCC(NCC)c1c(F)ccc(C)c1F. The van der Waals surface area contributed by atoms with Crippen molar-refractivity contribution in [2.24, 2.45) is 0 Å². The second-order valence-corrected chi connectivity index (χ2v) is 4.42. The van der Waals surface area contributed by atoms with Crippen molar-refractivity contribution >= 4 is 0 Å². The quantitative estimate of drug-likeness (QED) is 0.565. The smallest absolute Gasteiger partial charge is 0.133 e. The first-order valence-electron chi connectivity index (χ1n) is 6.40. The van der Waals surface area contributed by atoms with Gasteiger partial charge in [-0.3, -0.25) is 0 Å². The molecule has 0 aliphatic heterocycles. The van der Waals surface area contributed by atoms with Crippen LogP contribution in [-0.2, 0) is 0 Å². The molecule has 100 valence electrons. The largest absolute Gasteiger partial charge is 0.310 e. The molecule has 1 aromatic rings. The fourth-order valence-corrected chi connectivity index (χ4v) is 2.06. The zero-order valence-electron chi connectivity index (χ0n) is 11.1. The number of rotatable bonds is 7. The predicted molar refractivity (Wildman–Crippen MR) is 71.6 cm³/mol. The predicted octanol–water partition coefficient (Wildman–Crippen LogP) is 4.28. The third-order valence-corrected chi connectivity index (χ3v) is 3.02. The highest BCUT2D eigenvalue weighted by Crippen LogP contribution is 2.27. The number of allylic oxidation sites excluding steroid dienone is 1. The van der Waals surface area contributed by atoms with E-state index in [-0.39, 0.29) is 11.6 Å². The Morgan fingerprint density at radius 1 is 1.39 bits per heavy atom. The summed E-state index contributed by atoms with van der Waals surface area (Å²) >= 11 is 0. The van der Waals surface area contributed by atoms with Gasteiger partial charge in [0, 0.05) is 11.6 Å². The zero-order chi connectivity index (χ0) is 13.5. The van der Waals surface area contributed by atoms with E-state index in [1.165, 1.54) is 12.1 Å². The summed E-state index contributed by atoms with van der Waals surface area (Å²) in [7, 11) is 0. The van der Waals surface area contributed by atoms with Crippen LogP contribution in [-0.4, -0.2) is 6.54 Å². The molecule has 1 nitrogen and oxygen atoms in total. The monoisotopic (exact) mass is 253 g/mol. The van der Waals surface area contributed by atoms with Gasteiger partial charge in [-0.05, 0) is 44.4 Å². The van der Waals surface area contributed by atoms with Crippen LogP contribution in [0.15, 0.2) is 24.8 Å². The van der Waals surface area contributed by atoms with Gasteiger partial charge in [-0.15, -0.1) is 6.58 Å². The first-order chi connectivity index (χ1) is 8.61. The van der Waals surface area contributed by atoms with Crippen LogP contribution in [0.4, 0.5) is 8.78 Å². The summed E-state index contributed by atoms with van der Waals surface area (Å²) < 4.78 is 27.9. The summed E-state index contributed by atoms with van der Waals surface area (Å²) in [6, 6.07) is 2.54. The van der Waals surface area contributed by atoms with E-state index in [2.05, 4.69) is 11.9 Å². The van der Waals surface area contributed by atoms with Crippen LogP contribution in [0.5, 0.6) is 0 Å². The van der Waals surface area contributed by atoms with E-state index in [0.29, 0.717) is 18.5 Å². The van der Waals surface area contributed by atoms with Gasteiger partial charge in [-0.25, -0.2) is 8.78 Å². The van der Waals surface area contributed by atoms with Gasteiger partial charge in [-0.2, -0.15) is 0 Å². The van der Waals surface area contributed by atoms with Gasteiger partial charge < -0.3 is 5.32 Å². The summed E-state index contributed by atoms with van der Waals surface area (Å²) in [4.78, 5) is 0. The minimum atomic E-state index is -0.470. The molecule has 0 fully saturated rings. The van der Waals surface area contributed by atoms with Gasteiger partial charge >= 0.3 is 0 Å². The highest BCUT2D eigenvalue weighted by molar-refractivity contribution is 5.29. The maximum absolute atomic E-state index is 14.0. The van der Waals surface area contributed by atoms with E-state index in [1.807, 2.05) is 13.0 Å². The molecule has 0 aliphatic rings. The van der Waals surface area contributed by atoms with Crippen molar-refractivity contribution < 1.29 is 8.78 Å². The summed E-state index contributed by atoms with van der Waals surface area (Å²) in [6.45, 7) is 7.94. The Balaban J connectivity index is 2.97. The van der Waals surface area contributed by atoms with E-state index >= 15 is 0 Å². The lowest BCUT2D eigenvalue weighted by atomic mass is 9.97. The minimum Gasteiger partial charge on any atom is -0.310 e. The maximum Gasteiger partial charge on any atom is 0.133 e. The van der Waals surface area contributed by atoms with Gasteiger partial charge in [0.05, 0.1) is 0 Å². The Kier molecular flexibility index (Phi) is 5.99. The number of unbranched alkanes of at least 4 members (excludes halogenated alkanes) is 1. The molecule has 0 saturated heterocycles. The van der Waals surface area contributed by atoms with E-state index in [1.54, 1.807) is 6.92 Å². The average molecular weight is 253 g/mol. The number of nitrogens with one attached hydrogen (secondary N) is 1. The lowest BCUT2D eigenvalue weighted by molar-refractivity contribution is 0.444. The molecule has 0 spiro atoms. The molecule has 0 bridgehead atoms. The topological polar surface area (TPSA) is 12.0 Å². The van der Waals surface area contributed by atoms with Crippen molar-refractivity contribution in [2.45, 2.75) is 39.2 Å². The van der Waals surface area contributed by atoms with E-state index in [0.717, 1.165) is 12.8 Å². The third-order valence-electron chi connectivity index (χ3n) is 3.02. The van der Waals surface area contributed by atoms with Gasteiger partial charge in [0.1, 0.15) is 11.6 Å². The molecule has 1 unspecified atom stereocenters. The molecule has 0 radical (unpaired) electrons. The van der Waals surface area contributed by atoms with Crippen molar-refractivity contribution in [3.63, 3.8) is 0 Å². The summed E-state index contributed by atoms with van der Waals surface area (Å²) in [5.41, 5.74) is 0.652. The summed E-state index contributed by atoms with van der Waals surface area (Å²) in [5.74, 6) is -0.901. The molecule has 1 atom stereocenters. The van der Waals surface area contributed by atoms with Crippen molar-refractivity contribution in [3.05, 3.63) is 47.5 Å². The van der Waals surface area contributed by atoms with Gasteiger partial charge in [0.25, 0.3) is 0 Å². The molecular formula is C15H21F2N. The van der Waals surface area contributed by atoms with Crippen LogP contribution < -0.4 is 5.32 Å². The molecule has 18 heavy (non-hydrogen) atoms. The van der Waals surface area contributed by atoms with Crippen molar-refractivity contribution in [1.82, 2.24) is 5.32 Å². The highest BCUT2D eigenvalue weighted by Gasteiger charge is 2.20. The van der Waals surface area contributed by atoms with Crippen LogP contribution in [0, 0.1) is 18.6 Å². The molecule has 0 aromatic heterocycles. The molecule has 1 rings (SSSR count). The lowest BCUT2D eigenvalue weighted by Gasteiger charge is -2.20. The fraction of sp³-hybridized carbons (Fsp3) is 0.467. The summed E-state index contributed by atoms with van der Waals surface area (Å²) in [5, 5.41) is 3.15. The summed E-state index contributed by atoms with van der Waals surface area (Å²) in [6.07, 6.45) is 4.26. The molecular weight excluding hydrogens is 232 g/mol. The van der Waals surface area contributed by atoms with Crippen molar-refractivity contribution in [1.29, 1.82) is 0 Å². The molecule has 1 N–H and O–H groups in total. The first kappa shape index (κ1) is 14.8. The normalized spacial score (nSPS) is 12.4. The Labute approximate surface area is 108 Å². The number of hydrogen-bond donors (Lipinski definition) is 1. The maximum atomic E-state index is 14.0. The lowest BCUT2D eigenvalue weighted by Crippen LogP contribution is -2.23. The number of halogens is 2. The van der Waals surface area contributed by atoms with Gasteiger partial charge in [0.2, 0.25) is 0 Å². The second-order valence-electron chi connectivity index (χ2n) is 4.42. The molecule has 0 amide bonds. The molecule has 0 aliphatic carbocycles. The minimum absolute atomic E-state index is 0.168. The average Bonchev–Trinajstić information content (AvgIpc) is 2.35. The molecule has 1 aromatic carbocycles. The van der Waals surface area contributed by atoms with Crippen LogP contribution >= 0.6 is 0 Å². The molecule has 3 heteroatoms. The first-order valence-corrected chi connectivity index (χ1v) is 6.40. The molecule has 0 saturated carbocycles. The number of hydrogen-bond acceptors (Lipinski definition) is 1. The van der Waals surface area contributed by atoms with Gasteiger partial charge in [-0.1, -0.05) is 19.1 Å². The fourth-order valence-electron chi connectivity index (χ4n) is 2.06. The Morgan fingerprint density at radius 2 is 2.11 bits per heavy atom. The van der Waals surface area contributed by atoms with Crippen LogP contribution in [0.1, 0.15) is 43.4 Å². The standard InChI is InChI=1S/C15H21F2N/c1-4-6-7-8-13(18-5-2)14-12(16)10-9-11(3)15(14)17/h4,9-10,13,18H,1,5-8H2,2-3H3. The van der Waals surface area contributed by atoms with Gasteiger partial charge in [0.15, 0.2) is 0 Å². The van der Waals surface area contributed by atoms with E-state index in [4.69, 9.17) is 0 Å². The van der Waals surface area contributed by atoms with E-state index < -0.39 is 11.6 Å². The van der Waals surface area contributed by atoms with Crippen molar-refractivity contribution in [2.75, 3.05) is 6.54 Å². The van der Waals surface area contributed by atoms with Crippen molar-refractivity contribution in [3.8, 4) is 0 Å². The van der Waals surface area contributed by atoms with Crippen LogP contribution in [0.3, 0.4) is 0 Å². The zero-order valence-corrected chi connectivity index (χ0v) is 11.1. The number of benzene rings is 1. The Bertz CT molecular complexity index is 402.